The maximum absolute atomic E-state index is 13.9. The zero-order valence-corrected chi connectivity index (χ0v) is 17.7. The van der Waals surface area contributed by atoms with E-state index < -0.39 is 6.04 Å². The number of aryl methyl sites for hydroxylation is 1. The average molecular weight is 448 g/mol. The number of imidazole rings is 1. The van der Waals surface area contributed by atoms with Gasteiger partial charge in [0.25, 0.3) is 5.24 Å². The first-order valence-corrected chi connectivity index (χ1v) is 10.8. The van der Waals surface area contributed by atoms with Crippen LogP contribution in [0.5, 0.6) is 0 Å². The van der Waals surface area contributed by atoms with Crippen molar-refractivity contribution in [2.75, 3.05) is 11.1 Å². The van der Waals surface area contributed by atoms with Crippen LogP contribution in [0.4, 0.5) is 15.0 Å². The standard InChI is InChI=1S/C22H17FN6O2S/c1-12-9-13(4-5-15(12)23)19-20(29-18(28-19)3-2-7-25-29)14-6-8-24-17(10-14)27-21(30)16-11-32-22(31)26-16/h2-10,16H,11H2,1H3,(H,26,31)(H,24,27,30)/t16-/m0/s1. The maximum Gasteiger partial charge on any atom is 0.279 e. The van der Waals surface area contributed by atoms with Gasteiger partial charge in [-0.05, 0) is 55.0 Å². The molecule has 0 bridgehead atoms. The number of pyridine rings is 1. The zero-order chi connectivity index (χ0) is 22.2. The molecule has 1 atom stereocenters. The Bertz CT molecular complexity index is 1370. The second-order valence-electron chi connectivity index (χ2n) is 7.28. The number of anilines is 1. The number of hydrogen-bond donors (Lipinski definition) is 2. The molecular formula is C22H17FN6O2S. The fraction of sp³-hybridized carbons (Fsp3) is 0.136. The van der Waals surface area contributed by atoms with Gasteiger partial charge in [0.15, 0.2) is 5.65 Å². The minimum atomic E-state index is -0.604. The number of fused-ring (bicyclic) bond motifs is 1. The second kappa shape index (κ2) is 8.04. The Morgan fingerprint density at radius 1 is 1.22 bits per heavy atom. The second-order valence-corrected chi connectivity index (χ2v) is 8.27. The normalized spacial score (nSPS) is 15.7. The monoisotopic (exact) mass is 448 g/mol. The quantitative estimate of drug-likeness (QED) is 0.494. The zero-order valence-electron chi connectivity index (χ0n) is 16.9. The van der Waals surface area contributed by atoms with E-state index in [9.17, 15) is 14.0 Å². The number of rotatable bonds is 4. The van der Waals surface area contributed by atoms with Crippen molar-refractivity contribution in [3.05, 3.63) is 66.2 Å². The summed E-state index contributed by atoms with van der Waals surface area (Å²) in [6.07, 6.45) is 3.23. The van der Waals surface area contributed by atoms with Crippen LogP contribution in [0.3, 0.4) is 0 Å². The van der Waals surface area contributed by atoms with Crippen LogP contribution in [-0.2, 0) is 4.79 Å². The van der Waals surface area contributed by atoms with Crippen LogP contribution in [-0.4, -0.2) is 42.5 Å². The van der Waals surface area contributed by atoms with Gasteiger partial charge in [0.1, 0.15) is 23.4 Å². The Labute approximate surface area is 186 Å². The molecular weight excluding hydrogens is 431 g/mol. The molecule has 2 N–H and O–H groups in total. The van der Waals surface area contributed by atoms with Crippen molar-refractivity contribution in [1.82, 2.24) is 24.9 Å². The maximum atomic E-state index is 13.9. The summed E-state index contributed by atoms with van der Waals surface area (Å²) in [6.45, 7) is 1.70. The molecule has 1 saturated heterocycles. The number of amides is 2. The molecule has 3 aromatic heterocycles. The first-order chi connectivity index (χ1) is 15.5. The van der Waals surface area contributed by atoms with Gasteiger partial charge in [0, 0.05) is 29.3 Å². The third kappa shape index (κ3) is 3.69. The van der Waals surface area contributed by atoms with Crippen molar-refractivity contribution >= 4 is 34.4 Å². The lowest BCUT2D eigenvalue weighted by Crippen LogP contribution is -2.38. The van der Waals surface area contributed by atoms with Crippen molar-refractivity contribution in [3.63, 3.8) is 0 Å². The molecule has 1 aliphatic heterocycles. The molecule has 4 aromatic rings. The minimum Gasteiger partial charge on any atom is -0.334 e. The number of hydrogen-bond acceptors (Lipinski definition) is 6. The van der Waals surface area contributed by atoms with E-state index in [1.165, 1.54) is 6.07 Å². The summed E-state index contributed by atoms with van der Waals surface area (Å²) >= 11 is 1.07. The van der Waals surface area contributed by atoms with Gasteiger partial charge in [0.05, 0.1) is 5.69 Å². The van der Waals surface area contributed by atoms with E-state index in [1.54, 1.807) is 54.2 Å². The number of benzene rings is 1. The molecule has 8 nitrogen and oxygen atoms in total. The number of nitrogens with one attached hydrogen (secondary N) is 2. The van der Waals surface area contributed by atoms with Gasteiger partial charge in [0.2, 0.25) is 5.91 Å². The van der Waals surface area contributed by atoms with E-state index in [2.05, 4.69) is 20.7 Å². The van der Waals surface area contributed by atoms with Crippen LogP contribution < -0.4 is 10.6 Å². The summed E-state index contributed by atoms with van der Waals surface area (Å²) in [5, 5.41) is 9.57. The summed E-state index contributed by atoms with van der Waals surface area (Å²) < 4.78 is 15.6. The fourth-order valence-corrected chi connectivity index (χ4v) is 4.30. The van der Waals surface area contributed by atoms with Gasteiger partial charge in [-0.25, -0.2) is 18.9 Å². The summed E-state index contributed by atoms with van der Waals surface area (Å²) in [5.74, 6) is 0.0861. The molecule has 0 aliphatic carbocycles. The lowest BCUT2D eigenvalue weighted by molar-refractivity contribution is -0.117. The van der Waals surface area contributed by atoms with E-state index in [4.69, 9.17) is 4.98 Å². The molecule has 32 heavy (non-hydrogen) atoms. The summed E-state index contributed by atoms with van der Waals surface area (Å²) in [4.78, 5) is 32.8. The predicted octanol–water partition coefficient (Wildman–Crippen LogP) is 3.67. The molecule has 2 amide bonds. The Balaban J connectivity index is 1.57. The Morgan fingerprint density at radius 3 is 2.88 bits per heavy atom. The predicted molar refractivity (Wildman–Crippen MR) is 120 cm³/mol. The third-order valence-electron chi connectivity index (χ3n) is 5.10. The van der Waals surface area contributed by atoms with Gasteiger partial charge in [-0.3, -0.25) is 9.59 Å². The van der Waals surface area contributed by atoms with Gasteiger partial charge >= 0.3 is 0 Å². The highest BCUT2D eigenvalue weighted by Crippen LogP contribution is 2.33. The van der Waals surface area contributed by atoms with Crippen molar-refractivity contribution in [2.24, 2.45) is 0 Å². The number of halogens is 1. The molecule has 160 valence electrons. The van der Waals surface area contributed by atoms with Crippen LogP contribution >= 0.6 is 11.8 Å². The average Bonchev–Trinajstić information content (AvgIpc) is 3.39. The van der Waals surface area contributed by atoms with E-state index in [1.807, 2.05) is 6.07 Å². The third-order valence-corrected chi connectivity index (χ3v) is 5.98. The van der Waals surface area contributed by atoms with Crippen LogP contribution in [0.25, 0.3) is 28.2 Å². The van der Waals surface area contributed by atoms with E-state index in [-0.39, 0.29) is 17.0 Å². The van der Waals surface area contributed by atoms with E-state index in [0.717, 1.165) is 22.9 Å². The smallest absolute Gasteiger partial charge is 0.279 e. The van der Waals surface area contributed by atoms with E-state index in [0.29, 0.717) is 34.2 Å². The fourth-order valence-electron chi connectivity index (χ4n) is 3.53. The summed E-state index contributed by atoms with van der Waals surface area (Å²) in [7, 11) is 0. The lowest BCUT2D eigenvalue weighted by atomic mass is 10.0. The van der Waals surface area contributed by atoms with Crippen molar-refractivity contribution in [1.29, 1.82) is 0 Å². The van der Waals surface area contributed by atoms with Gasteiger partial charge in [-0.15, -0.1) is 0 Å². The van der Waals surface area contributed by atoms with Gasteiger partial charge in [-0.1, -0.05) is 11.8 Å². The summed E-state index contributed by atoms with van der Waals surface area (Å²) in [6, 6.07) is 11.4. The molecule has 1 aromatic carbocycles. The number of carbonyl (C=O) groups excluding carboxylic acids is 2. The van der Waals surface area contributed by atoms with Gasteiger partial charge in [-0.2, -0.15) is 5.10 Å². The number of aromatic nitrogens is 4. The molecule has 0 radical (unpaired) electrons. The highest BCUT2D eigenvalue weighted by Gasteiger charge is 2.28. The molecule has 5 rings (SSSR count). The first-order valence-electron chi connectivity index (χ1n) is 9.80. The van der Waals surface area contributed by atoms with Crippen molar-refractivity contribution in [2.45, 2.75) is 13.0 Å². The molecule has 1 fully saturated rings. The highest BCUT2D eigenvalue weighted by molar-refractivity contribution is 8.14. The Kier molecular flexibility index (Phi) is 5.06. The minimum absolute atomic E-state index is 0.220. The molecule has 1 aliphatic rings. The molecule has 0 spiro atoms. The SMILES string of the molecule is Cc1cc(-c2nc3cccnn3c2-c2ccnc(NC(=O)[C@@H]3CSC(=O)N3)c2)ccc1F. The van der Waals surface area contributed by atoms with E-state index >= 15 is 0 Å². The number of thioether (sulfide) groups is 1. The summed E-state index contributed by atoms with van der Waals surface area (Å²) in [5.41, 5.74) is 3.94. The van der Waals surface area contributed by atoms with Gasteiger partial charge < -0.3 is 10.6 Å². The molecule has 4 heterocycles. The number of nitrogens with zero attached hydrogens (tertiary/aromatic N) is 4. The molecule has 0 unspecified atom stereocenters. The molecule has 0 saturated carbocycles. The first kappa shape index (κ1) is 20.1. The van der Waals surface area contributed by atoms with Crippen LogP contribution in [0.2, 0.25) is 0 Å². The van der Waals surface area contributed by atoms with Crippen LogP contribution in [0.1, 0.15) is 5.56 Å². The van der Waals surface area contributed by atoms with Crippen molar-refractivity contribution < 1.29 is 14.0 Å². The highest BCUT2D eigenvalue weighted by atomic mass is 32.2. The lowest BCUT2D eigenvalue weighted by Gasteiger charge is -2.11. The van der Waals surface area contributed by atoms with Crippen LogP contribution in [0, 0.1) is 12.7 Å². The topological polar surface area (TPSA) is 101 Å². The largest absolute Gasteiger partial charge is 0.334 e. The van der Waals surface area contributed by atoms with Crippen LogP contribution in [0.15, 0.2) is 54.9 Å². The number of carbonyl (C=O) groups is 2. The molecule has 10 heteroatoms. The van der Waals surface area contributed by atoms with Crippen molar-refractivity contribution in [3.8, 4) is 22.5 Å². The Hall–Kier alpha value is -3.79. The Morgan fingerprint density at radius 2 is 2.09 bits per heavy atom.